The van der Waals surface area contributed by atoms with Gasteiger partial charge in [-0.05, 0) is 13.8 Å². The molecule has 0 aromatic carbocycles. The molecule has 0 saturated carbocycles. The van der Waals surface area contributed by atoms with Crippen LogP contribution in [0.5, 0.6) is 5.88 Å². The second kappa shape index (κ2) is 7.06. The Morgan fingerprint density at radius 1 is 1.29 bits per heavy atom. The van der Waals surface area contributed by atoms with Gasteiger partial charge in [0, 0.05) is 19.1 Å². The maximum Gasteiger partial charge on any atom is 0.221 e. The predicted molar refractivity (Wildman–Crippen MR) is 69.6 cm³/mol. The number of ether oxygens (including phenoxy) is 1. The summed E-state index contributed by atoms with van der Waals surface area (Å²) < 4.78 is 5.42. The number of aromatic nitrogens is 2. The number of hydrogen-bond acceptors (Lipinski definition) is 5. The highest BCUT2D eigenvalue weighted by molar-refractivity contribution is 5.47. The Morgan fingerprint density at radius 2 is 2.06 bits per heavy atom. The highest BCUT2D eigenvalue weighted by Crippen LogP contribution is 2.19. The summed E-state index contributed by atoms with van der Waals surface area (Å²) in [6.07, 6.45) is 1.52. The Balaban J connectivity index is 2.50. The molecule has 0 saturated heterocycles. The van der Waals surface area contributed by atoms with E-state index in [0.29, 0.717) is 18.5 Å². The Hall–Kier alpha value is -1.36. The summed E-state index contributed by atoms with van der Waals surface area (Å²) in [6.45, 7) is 10.5. The third-order valence-corrected chi connectivity index (χ3v) is 2.29. The fraction of sp³-hybridized carbons (Fsp3) is 0.667. The first kappa shape index (κ1) is 13.7. The maximum absolute atomic E-state index is 5.42. The summed E-state index contributed by atoms with van der Waals surface area (Å²) in [6, 6.07) is 0.502. The molecule has 0 atom stereocenters. The van der Waals surface area contributed by atoms with Gasteiger partial charge in [-0.15, -0.1) is 0 Å². The van der Waals surface area contributed by atoms with E-state index in [9.17, 15) is 0 Å². The van der Waals surface area contributed by atoms with Gasteiger partial charge in [0.25, 0.3) is 0 Å². The lowest BCUT2D eigenvalue weighted by Crippen LogP contribution is -2.28. The lowest BCUT2D eigenvalue weighted by molar-refractivity contribution is 0.324. The van der Waals surface area contributed by atoms with Gasteiger partial charge in [-0.3, -0.25) is 0 Å². The largest absolute Gasteiger partial charge is 0.478 e. The van der Waals surface area contributed by atoms with E-state index in [-0.39, 0.29) is 0 Å². The summed E-state index contributed by atoms with van der Waals surface area (Å²) in [5, 5.41) is 6.61. The summed E-state index contributed by atoms with van der Waals surface area (Å²) in [4.78, 5) is 8.30. The van der Waals surface area contributed by atoms with Crippen molar-refractivity contribution in [2.45, 2.75) is 33.7 Å². The molecular weight excluding hydrogens is 216 g/mol. The van der Waals surface area contributed by atoms with Gasteiger partial charge < -0.3 is 15.4 Å². The number of anilines is 1. The molecule has 1 rings (SSSR count). The van der Waals surface area contributed by atoms with Gasteiger partial charge in [0.2, 0.25) is 5.88 Å². The quantitative estimate of drug-likeness (QED) is 0.706. The molecule has 0 aliphatic carbocycles. The van der Waals surface area contributed by atoms with Crippen molar-refractivity contribution in [1.29, 1.82) is 0 Å². The van der Waals surface area contributed by atoms with Gasteiger partial charge in [0.05, 0.1) is 12.2 Å². The minimum Gasteiger partial charge on any atom is -0.478 e. The molecule has 0 fully saturated rings. The zero-order valence-electron chi connectivity index (χ0n) is 11.1. The third kappa shape index (κ3) is 4.56. The molecule has 0 bridgehead atoms. The van der Waals surface area contributed by atoms with Crippen LogP contribution in [-0.4, -0.2) is 35.7 Å². The van der Waals surface area contributed by atoms with Crippen molar-refractivity contribution in [2.24, 2.45) is 0 Å². The van der Waals surface area contributed by atoms with E-state index >= 15 is 0 Å². The third-order valence-electron chi connectivity index (χ3n) is 2.29. The standard InChI is InChI=1S/C12H22N4O/c1-5-17-12-10(4)11(15-8-16-12)14-7-6-13-9(2)3/h8-9,13H,5-7H2,1-4H3,(H,14,15,16). The normalized spacial score (nSPS) is 10.6. The van der Waals surface area contributed by atoms with Crippen LogP contribution in [0.2, 0.25) is 0 Å². The van der Waals surface area contributed by atoms with E-state index < -0.39 is 0 Å². The molecule has 0 aliphatic rings. The highest BCUT2D eigenvalue weighted by Gasteiger charge is 2.06. The first-order chi connectivity index (χ1) is 8.15. The van der Waals surface area contributed by atoms with Crippen LogP contribution in [0.25, 0.3) is 0 Å². The van der Waals surface area contributed by atoms with E-state index in [4.69, 9.17) is 4.74 Å². The first-order valence-corrected chi connectivity index (χ1v) is 6.06. The summed E-state index contributed by atoms with van der Waals surface area (Å²) >= 11 is 0. The van der Waals surface area contributed by atoms with Gasteiger partial charge in [-0.2, -0.15) is 0 Å². The van der Waals surface area contributed by atoms with Crippen LogP contribution in [-0.2, 0) is 0 Å². The summed E-state index contributed by atoms with van der Waals surface area (Å²) in [5.74, 6) is 1.50. The zero-order chi connectivity index (χ0) is 12.7. The smallest absolute Gasteiger partial charge is 0.221 e. The number of nitrogens with zero attached hydrogens (tertiary/aromatic N) is 2. The van der Waals surface area contributed by atoms with Crippen LogP contribution >= 0.6 is 0 Å². The molecule has 0 spiro atoms. The van der Waals surface area contributed by atoms with Crippen molar-refractivity contribution in [2.75, 3.05) is 25.0 Å². The first-order valence-electron chi connectivity index (χ1n) is 6.06. The van der Waals surface area contributed by atoms with E-state index in [1.165, 1.54) is 6.33 Å². The SMILES string of the molecule is CCOc1ncnc(NCCNC(C)C)c1C. The lowest BCUT2D eigenvalue weighted by Gasteiger charge is -2.12. The van der Waals surface area contributed by atoms with Crippen molar-refractivity contribution >= 4 is 5.82 Å². The molecule has 0 amide bonds. The van der Waals surface area contributed by atoms with Crippen molar-refractivity contribution in [3.8, 4) is 5.88 Å². The molecule has 1 aromatic heterocycles. The Bertz CT molecular complexity index is 341. The van der Waals surface area contributed by atoms with E-state index in [2.05, 4.69) is 34.4 Å². The molecule has 1 aromatic rings. The van der Waals surface area contributed by atoms with Crippen LogP contribution in [0, 0.1) is 6.92 Å². The summed E-state index contributed by atoms with van der Waals surface area (Å²) in [7, 11) is 0. The van der Waals surface area contributed by atoms with E-state index in [0.717, 1.165) is 24.5 Å². The van der Waals surface area contributed by atoms with Gasteiger partial charge in [0.15, 0.2) is 0 Å². The molecule has 0 radical (unpaired) electrons. The monoisotopic (exact) mass is 238 g/mol. The number of hydrogen-bond donors (Lipinski definition) is 2. The minimum atomic E-state index is 0.502. The van der Waals surface area contributed by atoms with Crippen LogP contribution in [0.1, 0.15) is 26.3 Å². The second-order valence-corrected chi connectivity index (χ2v) is 4.12. The van der Waals surface area contributed by atoms with Crippen molar-refractivity contribution in [1.82, 2.24) is 15.3 Å². The van der Waals surface area contributed by atoms with Crippen molar-refractivity contribution in [3.05, 3.63) is 11.9 Å². The van der Waals surface area contributed by atoms with Gasteiger partial charge in [0.1, 0.15) is 12.1 Å². The lowest BCUT2D eigenvalue weighted by atomic mass is 10.3. The Morgan fingerprint density at radius 3 is 2.71 bits per heavy atom. The van der Waals surface area contributed by atoms with Crippen LogP contribution in [0.15, 0.2) is 6.33 Å². The van der Waals surface area contributed by atoms with Crippen molar-refractivity contribution in [3.63, 3.8) is 0 Å². The number of nitrogens with one attached hydrogen (secondary N) is 2. The summed E-state index contributed by atoms with van der Waals surface area (Å²) in [5.41, 5.74) is 0.957. The van der Waals surface area contributed by atoms with Gasteiger partial charge in [-0.1, -0.05) is 13.8 Å². The number of rotatable bonds is 7. The van der Waals surface area contributed by atoms with Gasteiger partial charge in [-0.25, -0.2) is 9.97 Å². The topological polar surface area (TPSA) is 59.1 Å². The predicted octanol–water partition coefficient (Wildman–Crippen LogP) is 1.59. The fourth-order valence-corrected chi connectivity index (χ4v) is 1.44. The van der Waals surface area contributed by atoms with E-state index in [1.807, 2.05) is 13.8 Å². The molecule has 0 unspecified atom stereocenters. The average molecular weight is 238 g/mol. The molecule has 96 valence electrons. The highest BCUT2D eigenvalue weighted by atomic mass is 16.5. The molecule has 17 heavy (non-hydrogen) atoms. The Labute approximate surface area is 103 Å². The molecule has 5 nitrogen and oxygen atoms in total. The average Bonchev–Trinajstić information content (AvgIpc) is 2.29. The molecule has 2 N–H and O–H groups in total. The van der Waals surface area contributed by atoms with Crippen LogP contribution in [0.4, 0.5) is 5.82 Å². The molecular formula is C12H22N4O. The van der Waals surface area contributed by atoms with Crippen LogP contribution < -0.4 is 15.4 Å². The van der Waals surface area contributed by atoms with Crippen LogP contribution in [0.3, 0.4) is 0 Å². The minimum absolute atomic E-state index is 0.502. The fourth-order valence-electron chi connectivity index (χ4n) is 1.44. The second-order valence-electron chi connectivity index (χ2n) is 4.12. The molecule has 5 heteroatoms. The molecule has 1 heterocycles. The van der Waals surface area contributed by atoms with Gasteiger partial charge >= 0.3 is 0 Å². The zero-order valence-corrected chi connectivity index (χ0v) is 11.1. The Kier molecular flexibility index (Phi) is 5.69. The molecule has 0 aliphatic heterocycles. The maximum atomic E-state index is 5.42. The van der Waals surface area contributed by atoms with Crippen molar-refractivity contribution < 1.29 is 4.74 Å². The van der Waals surface area contributed by atoms with E-state index in [1.54, 1.807) is 0 Å².